The van der Waals surface area contributed by atoms with Crippen molar-refractivity contribution in [2.75, 3.05) is 18.9 Å². The molecule has 12 nitrogen and oxygen atoms in total. The van der Waals surface area contributed by atoms with Gasteiger partial charge in [-0.1, -0.05) is 0 Å². The van der Waals surface area contributed by atoms with Gasteiger partial charge in [0.25, 0.3) is 10.1 Å². The average Bonchev–Trinajstić information content (AvgIpc) is 2.53. The Morgan fingerprint density at radius 1 is 1.04 bits per heavy atom. The molecule has 1 aliphatic rings. The maximum absolute atomic E-state index is 11.7. The summed E-state index contributed by atoms with van der Waals surface area (Å²) in [6.45, 7) is -0.553. The standard InChI is InChI=1S/C12H24N2O10S/c13-5(12(20)14-2-1-3-25(21,22)23)4-24-11-9(18)7(16)6(15)8(17)10(11)19/h5-11,15-19H,1-4,13H2,(H,14,20)(H,21,22,23)/t5-,6-,7-,8+,9+,10-,11-/m0/s1. The summed E-state index contributed by atoms with van der Waals surface area (Å²) < 4.78 is 34.7. The largest absolute Gasteiger partial charge is 0.387 e. The average molecular weight is 388 g/mol. The zero-order valence-corrected chi connectivity index (χ0v) is 14.0. The van der Waals surface area contributed by atoms with Gasteiger partial charge in [-0.3, -0.25) is 9.35 Å². The molecule has 7 atom stereocenters. The fraction of sp³-hybridized carbons (Fsp3) is 0.917. The number of rotatable bonds is 8. The molecule has 0 aliphatic heterocycles. The van der Waals surface area contributed by atoms with Crippen LogP contribution in [0.5, 0.6) is 0 Å². The number of hydrogen-bond acceptors (Lipinski definition) is 10. The Kier molecular flexibility index (Phi) is 8.11. The lowest BCUT2D eigenvalue weighted by molar-refractivity contribution is -0.235. The van der Waals surface area contributed by atoms with Gasteiger partial charge in [-0.05, 0) is 6.42 Å². The summed E-state index contributed by atoms with van der Waals surface area (Å²) in [6.07, 6.45) is -10.2. The van der Waals surface area contributed by atoms with E-state index in [1.54, 1.807) is 0 Å². The minimum absolute atomic E-state index is 0.0333. The van der Waals surface area contributed by atoms with E-state index in [-0.39, 0.29) is 13.0 Å². The molecule has 13 heteroatoms. The Hall–Kier alpha value is -0.900. The molecule has 0 unspecified atom stereocenters. The quantitative estimate of drug-likeness (QED) is 0.145. The second-order valence-corrected chi connectivity index (χ2v) is 7.36. The first kappa shape index (κ1) is 22.1. The van der Waals surface area contributed by atoms with Crippen molar-refractivity contribution in [3.63, 3.8) is 0 Å². The lowest BCUT2D eigenvalue weighted by atomic mass is 9.85. The van der Waals surface area contributed by atoms with Crippen molar-refractivity contribution in [3.8, 4) is 0 Å². The van der Waals surface area contributed by atoms with Crippen molar-refractivity contribution in [1.29, 1.82) is 0 Å². The molecule has 0 spiro atoms. The Morgan fingerprint density at radius 2 is 1.52 bits per heavy atom. The molecule has 0 heterocycles. The van der Waals surface area contributed by atoms with Crippen molar-refractivity contribution in [1.82, 2.24) is 5.32 Å². The number of nitrogens with one attached hydrogen (secondary N) is 1. The normalized spacial score (nSPS) is 34.5. The molecule has 1 aliphatic carbocycles. The number of carbonyl (C=O) groups is 1. The number of carbonyl (C=O) groups excluding carboxylic acids is 1. The van der Waals surface area contributed by atoms with Gasteiger partial charge in [0.05, 0.1) is 12.4 Å². The van der Waals surface area contributed by atoms with Crippen LogP contribution in [0.4, 0.5) is 0 Å². The molecule has 0 bridgehead atoms. The van der Waals surface area contributed by atoms with Gasteiger partial charge in [-0.2, -0.15) is 8.42 Å². The van der Waals surface area contributed by atoms with E-state index in [0.29, 0.717) is 0 Å². The van der Waals surface area contributed by atoms with Crippen LogP contribution in [0.1, 0.15) is 6.42 Å². The highest BCUT2D eigenvalue weighted by Crippen LogP contribution is 2.23. The van der Waals surface area contributed by atoms with Gasteiger partial charge in [-0.15, -0.1) is 0 Å². The zero-order valence-electron chi connectivity index (χ0n) is 13.2. The van der Waals surface area contributed by atoms with Gasteiger partial charge in [0.1, 0.15) is 42.7 Å². The van der Waals surface area contributed by atoms with E-state index in [9.17, 15) is 38.7 Å². The molecule has 1 fully saturated rings. The molecule has 25 heavy (non-hydrogen) atoms. The second kappa shape index (κ2) is 9.16. The zero-order chi connectivity index (χ0) is 19.4. The van der Waals surface area contributed by atoms with Gasteiger partial charge in [-0.25, -0.2) is 0 Å². The first-order valence-electron chi connectivity index (χ1n) is 7.46. The Balaban J connectivity index is 2.44. The summed E-state index contributed by atoms with van der Waals surface area (Å²) in [5, 5.41) is 50.4. The van der Waals surface area contributed by atoms with E-state index in [1.165, 1.54) is 0 Å². The van der Waals surface area contributed by atoms with Crippen LogP contribution >= 0.6 is 0 Å². The maximum Gasteiger partial charge on any atom is 0.264 e. The molecule has 1 amide bonds. The molecule has 9 N–H and O–H groups in total. The smallest absolute Gasteiger partial charge is 0.264 e. The molecule has 0 aromatic carbocycles. The van der Waals surface area contributed by atoms with E-state index in [2.05, 4.69) is 5.32 Å². The predicted octanol–water partition coefficient (Wildman–Crippen LogP) is -5.09. The second-order valence-electron chi connectivity index (χ2n) is 5.79. The minimum Gasteiger partial charge on any atom is -0.387 e. The summed E-state index contributed by atoms with van der Waals surface area (Å²) in [4.78, 5) is 11.7. The van der Waals surface area contributed by atoms with Crippen molar-refractivity contribution in [2.24, 2.45) is 5.73 Å². The van der Waals surface area contributed by atoms with Gasteiger partial charge >= 0.3 is 0 Å². The molecule has 1 rings (SSSR count). The van der Waals surface area contributed by atoms with Crippen LogP contribution in [0.25, 0.3) is 0 Å². The van der Waals surface area contributed by atoms with Crippen LogP contribution in [0.3, 0.4) is 0 Å². The fourth-order valence-electron chi connectivity index (χ4n) is 2.28. The first-order chi connectivity index (χ1) is 11.5. The van der Waals surface area contributed by atoms with Gasteiger partial charge in [0.15, 0.2) is 0 Å². The van der Waals surface area contributed by atoms with Crippen molar-refractivity contribution in [3.05, 3.63) is 0 Å². The summed E-state index contributed by atoms with van der Waals surface area (Å²) in [6, 6.07) is -1.24. The third kappa shape index (κ3) is 6.40. The molecule has 0 aromatic heterocycles. The highest BCUT2D eigenvalue weighted by Gasteiger charge is 2.49. The van der Waals surface area contributed by atoms with Crippen molar-refractivity contribution < 1.29 is 48.0 Å². The Bertz CT molecular complexity index is 528. The van der Waals surface area contributed by atoms with E-state index in [0.717, 1.165) is 0 Å². The lowest BCUT2D eigenvalue weighted by Gasteiger charge is -2.41. The van der Waals surface area contributed by atoms with E-state index < -0.39 is 71.1 Å². The summed E-state index contributed by atoms with van der Waals surface area (Å²) in [5.74, 6) is -1.24. The monoisotopic (exact) mass is 388 g/mol. The minimum atomic E-state index is -4.12. The summed E-state index contributed by atoms with van der Waals surface area (Å²) in [7, 11) is -4.12. The molecule has 148 valence electrons. The van der Waals surface area contributed by atoms with Gasteiger partial charge in [0.2, 0.25) is 5.91 Å². The summed E-state index contributed by atoms with van der Waals surface area (Å²) >= 11 is 0. The van der Waals surface area contributed by atoms with Crippen LogP contribution in [0.2, 0.25) is 0 Å². The topological polar surface area (TPSA) is 220 Å². The Labute approximate surface area is 144 Å². The van der Waals surface area contributed by atoms with Crippen LogP contribution in [-0.4, -0.2) is 106 Å². The molecular formula is C12H24N2O10S. The molecular weight excluding hydrogens is 364 g/mol. The van der Waals surface area contributed by atoms with Crippen LogP contribution < -0.4 is 11.1 Å². The highest BCUT2D eigenvalue weighted by atomic mass is 32.2. The molecule has 0 saturated heterocycles. The molecule has 1 saturated carbocycles. The number of hydrogen-bond donors (Lipinski definition) is 8. The number of aliphatic hydroxyl groups excluding tert-OH is 5. The van der Waals surface area contributed by atoms with Crippen molar-refractivity contribution in [2.45, 2.75) is 49.1 Å². The number of amides is 1. The first-order valence-corrected chi connectivity index (χ1v) is 9.07. The molecule has 0 aromatic rings. The van der Waals surface area contributed by atoms with Gasteiger partial charge < -0.3 is 41.3 Å². The number of aliphatic hydroxyl groups is 5. The highest BCUT2D eigenvalue weighted by molar-refractivity contribution is 7.85. The van der Waals surface area contributed by atoms with Crippen molar-refractivity contribution >= 4 is 16.0 Å². The fourth-order valence-corrected chi connectivity index (χ4v) is 2.79. The van der Waals surface area contributed by atoms with Crippen LogP contribution in [0.15, 0.2) is 0 Å². The summed E-state index contributed by atoms with van der Waals surface area (Å²) in [5.41, 5.74) is 5.55. The Morgan fingerprint density at radius 3 is 2.00 bits per heavy atom. The third-order valence-corrected chi connectivity index (χ3v) is 4.56. The molecule has 0 radical (unpaired) electrons. The van der Waals surface area contributed by atoms with Crippen LogP contribution in [-0.2, 0) is 19.6 Å². The van der Waals surface area contributed by atoms with Crippen LogP contribution in [0, 0.1) is 0 Å². The number of ether oxygens (including phenoxy) is 1. The third-order valence-electron chi connectivity index (χ3n) is 3.76. The van der Waals surface area contributed by atoms with E-state index in [1.807, 2.05) is 0 Å². The lowest BCUT2D eigenvalue weighted by Crippen LogP contribution is -2.64. The SMILES string of the molecule is N[C@@H](CO[C@H]1[C@H](O)[C@@H](O)[C@H](O)[C@@H](O)[C@@H]1O)C(=O)NCCCS(=O)(=O)O. The van der Waals surface area contributed by atoms with E-state index >= 15 is 0 Å². The van der Waals surface area contributed by atoms with Gasteiger partial charge in [0, 0.05) is 6.54 Å². The van der Waals surface area contributed by atoms with E-state index in [4.69, 9.17) is 15.0 Å². The number of nitrogens with two attached hydrogens (primary N) is 1. The maximum atomic E-state index is 11.7. The predicted molar refractivity (Wildman–Crippen MR) is 81.8 cm³/mol.